The van der Waals surface area contributed by atoms with Crippen LogP contribution in [0.15, 0.2) is 12.3 Å². The lowest BCUT2D eigenvalue weighted by Crippen LogP contribution is -2.51. The zero-order chi connectivity index (χ0) is 11.7. The maximum absolute atomic E-state index is 8.87. The molecule has 0 aromatic carbocycles. The minimum atomic E-state index is 0.449. The first-order valence-electron chi connectivity index (χ1n) is 5.89. The van der Waals surface area contributed by atoms with Crippen molar-refractivity contribution in [2.45, 2.75) is 12.5 Å². The number of fused-ring (bicyclic) bond motifs is 3. The number of hydrogen-bond donors (Lipinski definition) is 1. The lowest BCUT2D eigenvalue weighted by Gasteiger charge is -2.35. The molecule has 0 saturated carbocycles. The van der Waals surface area contributed by atoms with Crippen LogP contribution in [0.5, 0.6) is 5.75 Å². The minimum Gasteiger partial charge on any atom is -0.490 e. The zero-order valence-corrected chi connectivity index (χ0v) is 9.52. The molecule has 5 nitrogen and oxygen atoms in total. The van der Waals surface area contributed by atoms with E-state index in [4.69, 9.17) is 10.00 Å². The fraction of sp³-hybridized carbons (Fsp3) is 0.500. The minimum absolute atomic E-state index is 0.449. The molecule has 17 heavy (non-hydrogen) atoms. The van der Waals surface area contributed by atoms with Gasteiger partial charge in [-0.15, -0.1) is 0 Å². The largest absolute Gasteiger partial charge is 0.490 e. The van der Waals surface area contributed by atoms with E-state index in [9.17, 15) is 0 Å². The Morgan fingerprint density at radius 3 is 3.41 bits per heavy atom. The van der Waals surface area contributed by atoms with E-state index in [-0.39, 0.29) is 0 Å². The molecule has 1 atom stereocenters. The smallest absolute Gasteiger partial charge is 0.171 e. The third kappa shape index (κ3) is 1.81. The number of pyridine rings is 1. The molecule has 2 aliphatic heterocycles. The quantitative estimate of drug-likeness (QED) is 0.704. The number of ether oxygens (including phenoxy) is 1. The summed E-state index contributed by atoms with van der Waals surface area (Å²) in [5.41, 5.74) is 0.553. The summed E-state index contributed by atoms with van der Waals surface area (Å²) < 4.78 is 5.70. The van der Waals surface area contributed by atoms with Crippen molar-refractivity contribution in [3.63, 3.8) is 0 Å². The third-order valence-electron chi connectivity index (χ3n) is 3.29. The van der Waals surface area contributed by atoms with Crippen LogP contribution in [0.4, 0.5) is 5.82 Å². The highest BCUT2D eigenvalue weighted by Gasteiger charge is 2.28. The van der Waals surface area contributed by atoms with Crippen LogP contribution in [0.3, 0.4) is 0 Å². The Kier molecular flexibility index (Phi) is 2.57. The van der Waals surface area contributed by atoms with Gasteiger partial charge in [-0.25, -0.2) is 4.98 Å². The van der Waals surface area contributed by atoms with Gasteiger partial charge in [0.05, 0.1) is 12.2 Å². The molecular weight excluding hydrogens is 216 g/mol. The summed E-state index contributed by atoms with van der Waals surface area (Å²) in [6.45, 7) is 3.58. The van der Waals surface area contributed by atoms with Crippen LogP contribution in [0.25, 0.3) is 0 Å². The van der Waals surface area contributed by atoms with Gasteiger partial charge in [0.25, 0.3) is 0 Å². The monoisotopic (exact) mass is 230 g/mol. The summed E-state index contributed by atoms with van der Waals surface area (Å²) in [4.78, 5) is 6.68. The second-order valence-electron chi connectivity index (χ2n) is 4.35. The van der Waals surface area contributed by atoms with E-state index in [0.29, 0.717) is 18.2 Å². The zero-order valence-electron chi connectivity index (χ0n) is 9.52. The number of nitriles is 1. The number of aromatic nitrogens is 1. The van der Waals surface area contributed by atoms with Gasteiger partial charge < -0.3 is 15.0 Å². The van der Waals surface area contributed by atoms with Gasteiger partial charge in [-0.05, 0) is 0 Å². The Hall–Kier alpha value is -1.80. The van der Waals surface area contributed by atoms with E-state index in [1.807, 2.05) is 0 Å². The van der Waals surface area contributed by atoms with Crippen molar-refractivity contribution in [1.29, 1.82) is 5.26 Å². The summed E-state index contributed by atoms with van der Waals surface area (Å²) in [6.07, 6.45) is 2.61. The predicted octanol–water partition coefficient (Wildman–Crippen LogP) is 0.514. The summed E-state index contributed by atoms with van der Waals surface area (Å²) in [6, 6.07) is 4.33. The van der Waals surface area contributed by atoms with Crippen LogP contribution in [0, 0.1) is 11.3 Å². The molecule has 0 aliphatic carbocycles. The molecule has 0 amide bonds. The first-order chi connectivity index (χ1) is 8.38. The fourth-order valence-electron chi connectivity index (χ4n) is 2.42. The maximum Gasteiger partial charge on any atom is 0.171 e. The highest BCUT2D eigenvalue weighted by Crippen LogP contribution is 2.32. The van der Waals surface area contributed by atoms with Crippen molar-refractivity contribution in [1.82, 2.24) is 10.3 Å². The maximum atomic E-state index is 8.87. The Balaban J connectivity index is 2.01. The SMILES string of the molecule is N#Cc1cnc2c(c1)OCCC1CNCCN21. The normalized spacial score (nSPS) is 22.8. The molecule has 2 aliphatic rings. The second-order valence-corrected chi connectivity index (χ2v) is 4.35. The molecule has 3 heterocycles. The lowest BCUT2D eigenvalue weighted by atomic mass is 10.1. The van der Waals surface area contributed by atoms with E-state index in [0.717, 1.165) is 37.6 Å². The Morgan fingerprint density at radius 2 is 2.53 bits per heavy atom. The van der Waals surface area contributed by atoms with E-state index in [2.05, 4.69) is 21.3 Å². The molecule has 0 bridgehead atoms. The first kappa shape index (κ1) is 10.4. The van der Waals surface area contributed by atoms with E-state index in [1.54, 1.807) is 12.3 Å². The van der Waals surface area contributed by atoms with Crippen LogP contribution in [0.2, 0.25) is 0 Å². The molecule has 1 aromatic rings. The molecule has 1 fully saturated rings. The molecule has 5 heteroatoms. The van der Waals surface area contributed by atoms with E-state index >= 15 is 0 Å². The molecule has 1 N–H and O–H groups in total. The number of rotatable bonds is 0. The predicted molar refractivity (Wildman–Crippen MR) is 63.1 cm³/mol. The van der Waals surface area contributed by atoms with Gasteiger partial charge in [0.15, 0.2) is 11.6 Å². The number of hydrogen-bond acceptors (Lipinski definition) is 5. The molecule has 0 spiro atoms. The topological polar surface area (TPSA) is 61.2 Å². The van der Waals surface area contributed by atoms with Crippen LogP contribution < -0.4 is 15.0 Å². The number of piperazine rings is 1. The second kappa shape index (κ2) is 4.22. The molecule has 88 valence electrons. The van der Waals surface area contributed by atoms with Gasteiger partial charge in [0.1, 0.15) is 6.07 Å². The van der Waals surface area contributed by atoms with Crippen LogP contribution >= 0.6 is 0 Å². The van der Waals surface area contributed by atoms with Crippen LogP contribution in [-0.2, 0) is 0 Å². The summed E-state index contributed by atoms with van der Waals surface area (Å²) >= 11 is 0. The van der Waals surface area contributed by atoms with Gasteiger partial charge in [-0.2, -0.15) is 5.26 Å². The Bertz CT molecular complexity index is 468. The highest BCUT2D eigenvalue weighted by molar-refractivity contribution is 5.56. The van der Waals surface area contributed by atoms with E-state index in [1.165, 1.54) is 0 Å². The Morgan fingerprint density at radius 1 is 1.59 bits per heavy atom. The molecule has 0 radical (unpaired) electrons. The molecule has 1 aromatic heterocycles. The average molecular weight is 230 g/mol. The van der Waals surface area contributed by atoms with Crippen molar-refractivity contribution in [3.8, 4) is 11.8 Å². The standard InChI is InChI=1S/C12H14N4O/c13-6-9-5-11-12(15-7-9)16-3-2-14-8-10(16)1-4-17-11/h5,7,10,14H,1-4,8H2. The van der Waals surface area contributed by atoms with Crippen molar-refractivity contribution in [2.75, 3.05) is 31.1 Å². The summed E-state index contributed by atoms with van der Waals surface area (Å²) in [7, 11) is 0. The molecule has 1 unspecified atom stereocenters. The van der Waals surface area contributed by atoms with Crippen molar-refractivity contribution >= 4 is 5.82 Å². The number of nitrogens with zero attached hydrogens (tertiary/aromatic N) is 3. The van der Waals surface area contributed by atoms with Crippen LogP contribution in [0.1, 0.15) is 12.0 Å². The summed E-state index contributed by atoms with van der Waals surface area (Å²) in [5, 5.41) is 12.3. The lowest BCUT2D eigenvalue weighted by molar-refractivity contribution is 0.303. The van der Waals surface area contributed by atoms with Gasteiger partial charge in [-0.1, -0.05) is 0 Å². The first-order valence-corrected chi connectivity index (χ1v) is 5.89. The number of nitrogens with one attached hydrogen (secondary N) is 1. The van der Waals surface area contributed by atoms with Gasteiger partial charge in [0, 0.05) is 44.4 Å². The number of anilines is 1. The highest BCUT2D eigenvalue weighted by atomic mass is 16.5. The third-order valence-corrected chi connectivity index (χ3v) is 3.29. The molecule has 3 rings (SSSR count). The van der Waals surface area contributed by atoms with Crippen LogP contribution in [-0.4, -0.2) is 37.3 Å². The van der Waals surface area contributed by atoms with Crippen molar-refractivity contribution in [2.24, 2.45) is 0 Å². The fourth-order valence-corrected chi connectivity index (χ4v) is 2.42. The summed E-state index contributed by atoms with van der Waals surface area (Å²) in [5.74, 6) is 1.63. The molecule has 1 saturated heterocycles. The van der Waals surface area contributed by atoms with Crippen molar-refractivity contribution in [3.05, 3.63) is 17.8 Å². The Labute approximate surface area is 100 Å². The van der Waals surface area contributed by atoms with Gasteiger partial charge in [-0.3, -0.25) is 0 Å². The molecular formula is C12H14N4O. The van der Waals surface area contributed by atoms with Gasteiger partial charge >= 0.3 is 0 Å². The average Bonchev–Trinajstić information content (AvgIpc) is 2.57. The van der Waals surface area contributed by atoms with E-state index < -0.39 is 0 Å². The van der Waals surface area contributed by atoms with Gasteiger partial charge in [0.2, 0.25) is 0 Å². The van der Waals surface area contributed by atoms with Crippen molar-refractivity contribution < 1.29 is 4.74 Å².